The van der Waals surface area contributed by atoms with Crippen LogP contribution >= 0.6 is 0 Å². The van der Waals surface area contributed by atoms with Crippen LogP contribution in [0.25, 0.3) is 0 Å². The van der Waals surface area contributed by atoms with E-state index in [0.29, 0.717) is 6.54 Å². The Morgan fingerprint density at radius 3 is 2.61 bits per heavy atom. The molecular weight excluding hydrogens is 246 g/mol. The van der Waals surface area contributed by atoms with Gasteiger partial charge in [0.2, 0.25) is 0 Å². The van der Waals surface area contributed by atoms with E-state index >= 15 is 0 Å². The van der Waals surface area contributed by atoms with Crippen LogP contribution < -0.4 is 4.90 Å². The van der Waals surface area contributed by atoms with E-state index in [4.69, 9.17) is 0 Å². The fourth-order valence-corrected chi connectivity index (χ4v) is 2.81. The second kappa shape index (κ2) is 4.26. The molecule has 3 nitrogen and oxygen atoms in total. The third-order valence-electron chi connectivity index (χ3n) is 3.93. The summed E-state index contributed by atoms with van der Waals surface area (Å²) in [5, 5.41) is 0. The van der Waals surface area contributed by atoms with Crippen molar-refractivity contribution < 1.29 is 8.42 Å². The number of nitrogens with zero attached hydrogens (tertiary/aromatic N) is 1. The van der Waals surface area contributed by atoms with Gasteiger partial charge in [0.25, 0.3) is 0 Å². The Balaban J connectivity index is 2.29. The van der Waals surface area contributed by atoms with Crippen molar-refractivity contribution in [1.29, 1.82) is 0 Å². The lowest BCUT2D eigenvalue weighted by Gasteiger charge is -2.30. The molecule has 0 aliphatic carbocycles. The SMILES string of the molecule is Cc1cccc2c1CCN2CC(C)(C)S(C)(=O)=O. The predicted molar refractivity (Wildman–Crippen MR) is 76.0 cm³/mol. The average molecular weight is 267 g/mol. The monoisotopic (exact) mass is 267 g/mol. The van der Waals surface area contributed by atoms with E-state index in [-0.39, 0.29) is 0 Å². The van der Waals surface area contributed by atoms with Crippen molar-refractivity contribution in [2.45, 2.75) is 31.9 Å². The number of hydrogen-bond acceptors (Lipinski definition) is 3. The molecule has 0 unspecified atom stereocenters. The van der Waals surface area contributed by atoms with Crippen LogP contribution in [0.4, 0.5) is 5.69 Å². The number of sulfone groups is 1. The summed E-state index contributed by atoms with van der Waals surface area (Å²) in [5.74, 6) is 0. The van der Waals surface area contributed by atoms with Crippen molar-refractivity contribution in [3.63, 3.8) is 0 Å². The highest BCUT2D eigenvalue weighted by atomic mass is 32.2. The van der Waals surface area contributed by atoms with Crippen LogP contribution in [0.1, 0.15) is 25.0 Å². The van der Waals surface area contributed by atoms with Gasteiger partial charge in [-0.25, -0.2) is 8.42 Å². The molecular formula is C14H21NO2S. The summed E-state index contributed by atoms with van der Waals surface area (Å²) in [6.45, 7) is 7.19. The lowest BCUT2D eigenvalue weighted by atomic mass is 10.1. The zero-order chi connectivity index (χ0) is 13.6. The molecule has 18 heavy (non-hydrogen) atoms. The van der Waals surface area contributed by atoms with Gasteiger partial charge < -0.3 is 4.90 Å². The van der Waals surface area contributed by atoms with Crippen molar-refractivity contribution in [1.82, 2.24) is 0 Å². The molecule has 1 heterocycles. The Morgan fingerprint density at radius 2 is 2.00 bits per heavy atom. The van der Waals surface area contributed by atoms with Gasteiger partial charge >= 0.3 is 0 Å². The summed E-state index contributed by atoms with van der Waals surface area (Å²) in [4.78, 5) is 2.20. The van der Waals surface area contributed by atoms with E-state index in [1.807, 2.05) is 6.07 Å². The molecule has 0 saturated heterocycles. The van der Waals surface area contributed by atoms with Crippen molar-refractivity contribution >= 4 is 15.5 Å². The molecule has 0 saturated carbocycles. The molecule has 0 radical (unpaired) electrons. The third kappa shape index (κ3) is 2.26. The lowest BCUT2D eigenvalue weighted by Crippen LogP contribution is -2.43. The number of aryl methyl sites for hydroxylation is 1. The molecule has 1 aromatic carbocycles. The van der Waals surface area contributed by atoms with E-state index in [9.17, 15) is 8.42 Å². The summed E-state index contributed by atoms with van der Waals surface area (Å²) in [6, 6.07) is 6.25. The molecule has 0 atom stereocenters. The van der Waals surface area contributed by atoms with E-state index in [2.05, 4.69) is 24.0 Å². The highest BCUT2D eigenvalue weighted by molar-refractivity contribution is 7.92. The van der Waals surface area contributed by atoms with E-state index in [1.54, 1.807) is 13.8 Å². The van der Waals surface area contributed by atoms with Crippen molar-refractivity contribution in [2.24, 2.45) is 0 Å². The third-order valence-corrected chi connectivity index (χ3v) is 6.07. The number of benzene rings is 1. The molecule has 0 bridgehead atoms. The minimum absolute atomic E-state index is 0.558. The molecule has 0 spiro atoms. The largest absolute Gasteiger partial charge is 0.369 e. The van der Waals surface area contributed by atoms with E-state index in [0.717, 1.165) is 13.0 Å². The molecule has 100 valence electrons. The minimum atomic E-state index is -3.04. The maximum atomic E-state index is 11.8. The topological polar surface area (TPSA) is 37.4 Å². The second-order valence-electron chi connectivity index (χ2n) is 5.78. The second-order valence-corrected chi connectivity index (χ2v) is 8.43. The summed E-state index contributed by atoms with van der Waals surface area (Å²) < 4.78 is 22.9. The normalized spacial score (nSPS) is 15.9. The Hall–Kier alpha value is -1.03. The highest BCUT2D eigenvalue weighted by Crippen LogP contribution is 2.32. The van der Waals surface area contributed by atoms with Crippen LogP contribution in [0.15, 0.2) is 18.2 Å². The zero-order valence-corrected chi connectivity index (χ0v) is 12.3. The van der Waals surface area contributed by atoms with Gasteiger partial charge in [0.05, 0.1) is 4.75 Å². The summed E-state index contributed by atoms with van der Waals surface area (Å²) in [5.41, 5.74) is 3.86. The van der Waals surface area contributed by atoms with Gasteiger partial charge in [-0.05, 0) is 44.4 Å². The number of rotatable bonds is 3. The Labute approximate surface area is 110 Å². The van der Waals surface area contributed by atoms with Crippen LogP contribution in [-0.2, 0) is 16.3 Å². The first-order chi connectivity index (χ1) is 8.22. The van der Waals surface area contributed by atoms with E-state index in [1.165, 1.54) is 23.1 Å². The average Bonchev–Trinajstić information content (AvgIpc) is 2.61. The fourth-order valence-electron chi connectivity index (χ4n) is 2.42. The first-order valence-corrected chi connectivity index (χ1v) is 8.14. The van der Waals surface area contributed by atoms with Crippen LogP contribution in [-0.4, -0.2) is 32.5 Å². The van der Waals surface area contributed by atoms with Crippen LogP contribution in [0.5, 0.6) is 0 Å². The van der Waals surface area contributed by atoms with Gasteiger partial charge in [0, 0.05) is 25.0 Å². The quantitative estimate of drug-likeness (QED) is 0.842. The molecule has 0 fully saturated rings. The van der Waals surface area contributed by atoms with Gasteiger partial charge in [-0.3, -0.25) is 0 Å². The summed E-state index contributed by atoms with van der Waals surface area (Å²) in [6.07, 6.45) is 2.34. The Morgan fingerprint density at radius 1 is 1.33 bits per heavy atom. The van der Waals surface area contributed by atoms with Gasteiger partial charge in [-0.15, -0.1) is 0 Å². The molecule has 1 aliphatic rings. The molecule has 0 amide bonds. The van der Waals surface area contributed by atoms with Gasteiger partial charge in [0.15, 0.2) is 9.84 Å². The molecule has 0 N–H and O–H groups in total. The molecule has 2 rings (SSSR count). The zero-order valence-electron chi connectivity index (χ0n) is 11.5. The first-order valence-electron chi connectivity index (χ1n) is 6.25. The summed E-state index contributed by atoms with van der Waals surface area (Å²) in [7, 11) is -3.04. The van der Waals surface area contributed by atoms with Gasteiger partial charge in [-0.2, -0.15) is 0 Å². The molecule has 1 aromatic rings. The molecule has 4 heteroatoms. The molecule has 0 aromatic heterocycles. The maximum absolute atomic E-state index is 11.8. The molecule has 1 aliphatic heterocycles. The van der Waals surface area contributed by atoms with Gasteiger partial charge in [0.1, 0.15) is 0 Å². The standard InChI is InChI=1S/C14H21NO2S/c1-11-6-5-7-13-12(11)8-9-15(13)10-14(2,3)18(4,16)17/h5-7H,8-10H2,1-4H3. The summed E-state index contributed by atoms with van der Waals surface area (Å²) >= 11 is 0. The van der Waals surface area contributed by atoms with Crippen molar-refractivity contribution in [3.05, 3.63) is 29.3 Å². The van der Waals surface area contributed by atoms with Crippen LogP contribution in [0.2, 0.25) is 0 Å². The van der Waals surface area contributed by atoms with Crippen molar-refractivity contribution in [3.8, 4) is 0 Å². The number of fused-ring (bicyclic) bond motifs is 1. The Bertz CT molecular complexity index is 561. The number of hydrogen-bond donors (Lipinski definition) is 0. The van der Waals surface area contributed by atoms with Crippen molar-refractivity contribution in [2.75, 3.05) is 24.2 Å². The maximum Gasteiger partial charge on any atom is 0.154 e. The fraction of sp³-hybridized carbons (Fsp3) is 0.571. The van der Waals surface area contributed by atoms with Gasteiger partial charge in [-0.1, -0.05) is 12.1 Å². The predicted octanol–water partition coefficient (Wildman–Crippen LogP) is 2.18. The highest BCUT2D eigenvalue weighted by Gasteiger charge is 2.34. The lowest BCUT2D eigenvalue weighted by molar-refractivity contribution is 0.547. The smallest absolute Gasteiger partial charge is 0.154 e. The number of anilines is 1. The van der Waals surface area contributed by atoms with Crippen LogP contribution in [0, 0.1) is 6.92 Å². The first kappa shape index (κ1) is 13.4. The Kier molecular flexibility index (Phi) is 3.18. The van der Waals surface area contributed by atoms with E-state index < -0.39 is 14.6 Å². The van der Waals surface area contributed by atoms with Crippen LogP contribution in [0.3, 0.4) is 0 Å². The minimum Gasteiger partial charge on any atom is -0.369 e.